The van der Waals surface area contributed by atoms with Crippen molar-refractivity contribution in [1.29, 1.82) is 0 Å². The van der Waals surface area contributed by atoms with Gasteiger partial charge in [0.2, 0.25) is 0 Å². The first-order valence-corrected chi connectivity index (χ1v) is 9.00. The molecule has 0 unspecified atom stereocenters. The molecule has 3 aromatic rings. The molecule has 30 heavy (non-hydrogen) atoms. The van der Waals surface area contributed by atoms with E-state index in [9.17, 15) is 4.79 Å². The Kier molecular flexibility index (Phi) is 6.29. The highest BCUT2D eigenvalue weighted by molar-refractivity contribution is 5.93. The van der Waals surface area contributed by atoms with Crippen molar-refractivity contribution in [1.82, 2.24) is 24.6 Å². The van der Waals surface area contributed by atoms with Crippen molar-refractivity contribution in [3.05, 3.63) is 41.9 Å². The summed E-state index contributed by atoms with van der Waals surface area (Å²) in [4.78, 5) is 21.5. The number of aromatic nitrogens is 4. The number of methoxy groups -OCH3 is 2. The van der Waals surface area contributed by atoms with Crippen LogP contribution in [0, 0.1) is 11.8 Å². The monoisotopic (exact) mass is 406 g/mol. The van der Waals surface area contributed by atoms with Crippen molar-refractivity contribution >= 4 is 28.8 Å². The van der Waals surface area contributed by atoms with Crippen LogP contribution < -0.4 is 15.2 Å². The molecule has 9 heteroatoms. The topological polar surface area (TPSA) is 108 Å². The Bertz CT molecular complexity index is 1150. The Morgan fingerprint density at radius 1 is 1.17 bits per heavy atom. The normalized spacial score (nSPS) is 11.3. The zero-order chi connectivity index (χ0) is 21.7. The van der Waals surface area contributed by atoms with E-state index in [-0.39, 0.29) is 5.82 Å². The van der Waals surface area contributed by atoms with Crippen LogP contribution in [0.15, 0.2) is 30.6 Å². The van der Waals surface area contributed by atoms with Gasteiger partial charge in [-0.2, -0.15) is 5.10 Å². The third-order valence-corrected chi connectivity index (χ3v) is 4.18. The number of carbonyl (C=O) groups excluding carboxylic acids is 1. The lowest BCUT2D eigenvalue weighted by molar-refractivity contribution is -0.104. The van der Waals surface area contributed by atoms with E-state index in [0.29, 0.717) is 52.3 Å². The van der Waals surface area contributed by atoms with Gasteiger partial charge in [-0.15, -0.1) is 0 Å². The van der Waals surface area contributed by atoms with Crippen LogP contribution >= 0.6 is 0 Å². The maximum atomic E-state index is 11.2. The fourth-order valence-electron chi connectivity index (χ4n) is 2.87. The molecule has 0 radical (unpaired) electrons. The van der Waals surface area contributed by atoms with E-state index in [1.54, 1.807) is 37.1 Å². The van der Waals surface area contributed by atoms with E-state index in [1.165, 1.54) is 12.4 Å². The summed E-state index contributed by atoms with van der Waals surface area (Å²) in [6.45, 7) is 0.472. The predicted octanol–water partition coefficient (Wildman–Crippen LogP) is 1.43. The Balaban J connectivity index is 2.16. The molecule has 2 aromatic heterocycles. The summed E-state index contributed by atoms with van der Waals surface area (Å²) < 4.78 is 12.1. The van der Waals surface area contributed by atoms with E-state index in [0.717, 1.165) is 0 Å². The third-order valence-electron chi connectivity index (χ3n) is 4.18. The van der Waals surface area contributed by atoms with Crippen LogP contribution in [0.2, 0.25) is 0 Å². The van der Waals surface area contributed by atoms with Crippen LogP contribution in [0.4, 0.5) is 5.82 Å². The zero-order valence-electron chi connectivity index (χ0n) is 17.2. The number of hydrogen-bond acceptors (Lipinski definition) is 8. The van der Waals surface area contributed by atoms with E-state index in [4.69, 9.17) is 15.2 Å². The highest BCUT2D eigenvalue weighted by Crippen LogP contribution is 2.25. The summed E-state index contributed by atoms with van der Waals surface area (Å²) in [6, 6.07) is 5.34. The number of anilines is 1. The SMILES string of the molecule is COc1cc(C#Cc2nn(C(=CC=O)CN(C)C)c3ncnc(N)c23)cc(OC)c1. The van der Waals surface area contributed by atoms with E-state index >= 15 is 0 Å². The second kappa shape index (κ2) is 9.07. The summed E-state index contributed by atoms with van der Waals surface area (Å²) in [6.07, 6.45) is 3.51. The van der Waals surface area contributed by atoms with Crippen molar-refractivity contribution in [2.75, 3.05) is 40.6 Å². The molecule has 2 N–H and O–H groups in total. The van der Waals surface area contributed by atoms with Crippen molar-refractivity contribution in [2.45, 2.75) is 0 Å². The van der Waals surface area contributed by atoms with Gasteiger partial charge in [0.15, 0.2) is 5.65 Å². The smallest absolute Gasteiger partial charge is 0.169 e. The minimum absolute atomic E-state index is 0.258. The molecule has 0 saturated heterocycles. The zero-order valence-corrected chi connectivity index (χ0v) is 17.2. The summed E-state index contributed by atoms with van der Waals surface area (Å²) in [5.41, 5.74) is 8.29. The van der Waals surface area contributed by atoms with Crippen LogP contribution in [-0.2, 0) is 4.79 Å². The molecule has 0 amide bonds. The Hall–Kier alpha value is -3.90. The summed E-state index contributed by atoms with van der Waals surface area (Å²) in [7, 11) is 6.94. The summed E-state index contributed by atoms with van der Waals surface area (Å²) in [5, 5.41) is 5.09. The van der Waals surface area contributed by atoms with Gasteiger partial charge in [-0.25, -0.2) is 14.6 Å². The fraction of sp³-hybridized carbons (Fsp3) is 0.238. The number of allylic oxidation sites excluding steroid dienone is 1. The van der Waals surface area contributed by atoms with Crippen molar-refractivity contribution in [3.8, 4) is 23.3 Å². The summed E-state index contributed by atoms with van der Waals surface area (Å²) in [5.74, 6) is 7.60. The van der Waals surface area contributed by atoms with Crippen molar-refractivity contribution in [3.63, 3.8) is 0 Å². The molecular formula is C21H22N6O3. The van der Waals surface area contributed by atoms with Gasteiger partial charge >= 0.3 is 0 Å². The van der Waals surface area contributed by atoms with E-state index in [2.05, 4.69) is 26.9 Å². The number of benzene rings is 1. The average Bonchev–Trinajstić information content (AvgIpc) is 3.11. The van der Waals surface area contributed by atoms with Gasteiger partial charge in [0.05, 0.1) is 25.3 Å². The first-order valence-electron chi connectivity index (χ1n) is 9.00. The molecule has 0 fully saturated rings. The lowest BCUT2D eigenvalue weighted by atomic mass is 10.2. The molecule has 0 bridgehead atoms. The standard InChI is InChI=1S/C21H22N6O3/c1-26(2)12-15(7-8-28)27-21-19(20(22)23-13-24-21)18(25-27)6-5-14-9-16(29-3)11-17(10-14)30-4/h7-11,13H,12H2,1-4H3,(H2,22,23,24). The molecule has 0 aliphatic heterocycles. The second-order valence-electron chi connectivity index (χ2n) is 6.60. The number of likely N-dealkylation sites (N-methyl/N-ethyl adjacent to an activating group) is 1. The highest BCUT2D eigenvalue weighted by atomic mass is 16.5. The molecule has 1 aromatic carbocycles. The Morgan fingerprint density at radius 3 is 2.47 bits per heavy atom. The van der Waals surface area contributed by atoms with Crippen LogP contribution in [0.3, 0.4) is 0 Å². The Labute approximate surface area is 174 Å². The minimum atomic E-state index is 0.258. The van der Waals surface area contributed by atoms with E-state index < -0.39 is 0 Å². The molecule has 154 valence electrons. The van der Waals surface area contributed by atoms with Gasteiger partial charge in [-0.1, -0.05) is 5.92 Å². The number of hydrogen-bond donors (Lipinski definition) is 1. The number of fused-ring (bicyclic) bond motifs is 1. The maximum Gasteiger partial charge on any atom is 0.169 e. The molecular weight excluding hydrogens is 384 g/mol. The van der Waals surface area contributed by atoms with Gasteiger partial charge in [0, 0.05) is 24.3 Å². The first-order chi connectivity index (χ1) is 14.5. The van der Waals surface area contributed by atoms with Crippen LogP contribution in [0.25, 0.3) is 16.7 Å². The molecule has 2 heterocycles. The largest absolute Gasteiger partial charge is 0.497 e. The molecule has 9 nitrogen and oxygen atoms in total. The van der Waals surface area contributed by atoms with Crippen LogP contribution in [-0.4, -0.2) is 65.8 Å². The molecule has 0 spiro atoms. The lowest BCUT2D eigenvalue weighted by Crippen LogP contribution is -2.18. The van der Waals surface area contributed by atoms with Gasteiger partial charge in [0.1, 0.15) is 35.6 Å². The molecule has 3 rings (SSSR count). The number of nitrogens with zero attached hydrogens (tertiary/aromatic N) is 5. The quantitative estimate of drug-likeness (QED) is 0.372. The fourth-order valence-corrected chi connectivity index (χ4v) is 2.87. The predicted molar refractivity (Wildman–Crippen MR) is 114 cm³/mol. The second-order valence-corrected chi connectivity index (χ2v) is 6.60. The van der Waals surface area contributed by atoms with Crippen molar-refractivity contribution in [2.24, 2.45) is 0 Å². The number of aldehydes is 1. The van der Waals surface area contributed by atoms with Gasteiger partial charge in [0.25, 0.3) is 0 Å². The third kappa shape index (κ3) is 4.39. The van der Waals surface area contributed by atoms with E-state index in [1.807, 2.05) is 19.0 Å². The molecule has 0 atom stereocenters. The number of nitrogens with two attached hydrogens (primary N) is 1. The number of rotatable bonds is 6. The summed E-state index contributed by atoms with van der Waals surface area (Å²) >= 11 is 0. The molecule has 0 aliphatic carbocycles. The van der Waals surface area contributed by atoms with Crippen LogP contribution in [0.5, 0.6) is 11.5 Å². The van der Waals surface area contributed by atoms with Crippen LogP contribution in [0.1, 0.15) is 11.3 Å². The minimum Gasteiger partial charge on any atom is -0.497 e. The lowest BCUT2D eigenvalue weighted by Gasteiger charge is -2.13. The van der Waals surface area contributed by atoms with Gasteiger partial charge in [-0.3, -0.25) is 4.79 Å². The molecule has 0 saturated carbocycles. The van der Waals surface area contributed by atoms with Gasteiger partial charge in [-0.05, 0) is 32.1 Å². The number of carbonyl (C=O) groups is 1. The number of ether oxygens (including phenoxy) is 2. The molecule has 0 aliphatic rings. The maximum absolute atomic E-state index is 11.2. The average molecular weight is 406 g/mol. The highest BCUT2D eigenvalue weighted by Gasteiger charge is 2.17. The number of nitrogen functional groups attached to an aromatic ring is 1. The van der Waals surface area contributed by atoms with Gasteiger partial charge < -0.3 is 20.1 Å². The Morgan fingerprint density at radius 2 is 1.87 bits per heavy atom. The first kappa shape index (κ1) is 20.8. The van der Waals surface area contributed by atoms with Crippen molar-refractivity contribution < 1.29 is 14.3 Å².